The van der Waals surface area contributed by atoms with Gasteiger partial charge in [-0.2, -0.15) is 0 Å². The highest BCUT2D eigenvalue weighted by Gasteiger charge is 2.21. The standard InChI is InChI=1S/C19H20ClN5O4S2/c1-24(2)31(27,28)17-10-13(4-9-16(17)20)22-18(26)11-30-19-23-21-12-25(19)14-5-7-15(29-3)8-6-14/h4-10,12H,11H2,1-3H3,(H,22,26). The lowest BCUT2D eigenvalue weighted by Crippen LogP contribution is -2.23. The van der Waals surface area contributed by atoms with E-state index in [9.17, 15) is 13.2 Å². The number of sulfonamides is 1. The molecule has 0 aliphatic carbocycles. The van der Waals surface area contributed by atoms with E-state index < -0.39 is 10.0 Å². The smallest absolute Gasteiger partial charge is 0.244 e. The molecule has 0 bridgehead atoms. The Kier molecular flexibility index (Phi) is 7.21. The molecule has 0 saturated heterocycles. The molecule has 0 atom stereocenters. The number of hydrogen-bond donors (Lipinski definition) is 1. The predicted molar refractivity (Wildman–Crippen MR) is 120 cm³/mol. The molecule has 1 N–H and O–H groups in total. The molecule has 2 aromatic carbocycles. The van der Waals surface area contributed by atoms with Crippen molar-refractivity contribution in [3.63, 3.8) is 0 Å². The Morgan fingerprint density at radius 1 is 1.23 bits per heavy atom. The first-order chi connectivity index (χ1) is 14.7. The lowest BCUT2D eigenvalue weighted by atomic mass is 10.3. The van der Waals surface area contributed by atoms with Gasteiger partial charge in [-0.05, 0) is 42.5 Å². The molecule has 3 aromatic rings. The number of carbonyl (C=O) groups is 1. The highest BCUT2D eigenvalue weighted by molar-refractivity contribution is 7.99. The molecule has 1 heterocycles. The zero-order valence-corrected chi connectivity index (χ0v) is 19.3. The number of benzene rings is 2. The van der Waals surface area contributed by atoms with Crippen molar-refractivity contribution in [3.8, 4) is 11.4 Å². The van der Waals surface area contributed by atoms with Gasteiger partial charge in [0.1, 0.15) is 17.0 Å². The van der Waals surface area contributed by atoms with Crippen LogP contribution in [0.2, 0.25) is 5.02 Å². The summed E-state index contributed by atoms with van der Waals surface area (Å²) >= 11 is 7.23. The number of carbonyl (C=O) groups excluding carboxylic acids is 1. The SMILES string of the molecule is COc1ccc(-n2cnnc2SCC(=O)Nc2ccc(Cl)c(S(=O)(=O)N(C)C)c2)cc1. The van der Waals surface area contributed by atoms with Crippen LogP contribution in [0.3, 0.4) is 0 Å². The third-order valence-corrected chi connectivity index (χ3v) is 7.41. The number of hydrogen-bond acceptors (Lipinski definition) is 7. The number of methoxy groups -OCH3 is 1. The monoisotopic (exact) mass is 481 g/mol. The molecule has 0 fully saturated rings. The predicted octanol–water partition coefficient (Wildman–Crippen LogP) is 2.91. The highest BCUT2D eigenvalue weighted by Crippen LogP contribution is 2.27. The maximum atomic E-state index is 12.4. The minimum absolute atomic E-state index is 0.0488. The second-order valence-corrected chi connectivity index (χ2v) is 9.92. The number of nitrogens with zero attached hydrogens (tertiary/aromatic N) is 4. The molecular weight excluding hydrogens is 462 g/mol. The van der Waals surface area contributed by atoms with E-state index in [-0.39, 0.29) is 21.6 Å². The highest BCUT2D eigenvalue weighted by atomic mass is 35.5. The molecule has 0 unspecified atom stereocenters. The molecule has 0 saturated carbocycles. The summed E-state index contributed by atoms with van der Waals surface area (Å²) < 4.78 is 32.7. The van der Waals surface area contributed by atoms with Crippen molar-refractivity contribution in [1.82, 2.24) is 19.1 Å². The van der Waals surface area contributed by atoms with E-state index in [1.807, 2.05) is 24.3 Å². The van der Waals surface area contributed by atoms with Gasteiger partial charge in [0.25, 0.3) is 0 Å². The van der Waals surface area contributed by atoms with Gasteiger partial charge in [0.05, 0.1) is 17.9 Å². The molecule has 1 aromatic heterocycles. The van der Waals surface area contributed by atoms with Crippen molar-refractivity contribution in [2.45, 2.75) is 10.1 Å². The third kappa shape index (κ3) is 5.37. The minimum atomic E-state index is -3.74. The summed E-state index contributed by atoms with van der Waals surface area (Å²) in [5, 5.41) is 11.3. The van der Waals surface area contributed by atoms with Gasteiger partial charge in [-0.15, -0.1) is 10.2 Å². The molecule has 1 amide bonds. The quantitative estimate of drug-likeness (QED) is 0.493. The maximum Gasteiger partial charge on any atom is 0.244 e. The number of nitrogens with one attached hydrogen (secondary N) is 1. The lowest BCUT2D eigenvalue weighted by Gasteiger charge is -2.14. The average molecular weight is 482 g/mol. The van der Waals surface area contributed by atoms with E-state index in [2.05, 4.69) is 15.5 Å². The van der Waals surface area contributed by atoms with E-state index in [1.165, 1.54) is 38.0 Å². The third-order valence-electron chi connectivity index (χ3n) is 4.17. The molecule has 164 valence electrons. The van der Waals surface area contributed by atoms with Gasteiger partial charge in [-0.1, -0.05) is 23.4 Å². The number of anilines is 1. The summed E-state index contributed by atoms with van der Waals surface area (Å²) in [7, 11) is 0.668. The second kappa shape index (κ2) is 9.69. The van der Waals surface area contributed by atoms with E-state index in [0.29, 0.717) is 10.8 Å². The van der Waals surface area contributed by atoms with Gasteiger partial charge >= 0.3 is 0 Å². The molecular formula is C19H20ClN5O4S2. The summed E-state index contributed by atoms with van der Waals surface area (Å²) in [6.45, 7) is 0. The van der Waals surface area contributed by atoms with Gasteiger partial charge in [0.2, 0.25) is 15.9 Å². The van der Waals surface area contributed by atoms with E-state index in [4.69, 9.17) is 16.3 Å². The van der Waals surface area contributed by atoms with Crippen LogP contribution in [0, 0.1) is 0 Å². The van der Waals surface area contributed by atoms with Crippen molar-refractivity contribution < 1.29 is 17.9 Å². The number of amides is 1. The molecule has 9 nitrogen and oxygen atoms in total. The summed E-state index contributed by atoms with van der Waals surface area (Å²) in [4.78, 5) is 12.3. The largest absolute Gasteiger partial charge is 0.497 e. The molecule has 3 rings (SSSR count). The van der Waals surface area contributed by atoms with Crippen LogP contribution >= 0.6 is 23.4 Å². The Bertz CT molecular complexity index is 1180. The Hall–Kier alpha value is -2.60. The average Bonchev–Trinajstić information content (AvgIpc) is 3.22. The summed E-state index contributed by atoms with van der Waals surface area (Å²) in [5.41, 5.74) is 1.15. The minimum Gasteiger partial charge on any atom is -0.497 e. The number of rotatable bonds is 8. The van der Waals surface area contributed by atoms with Crippen LogP contribution in [0.5, 0.6) is 5.75 Å². The van der Waals surface area contributed by atoms with Crippen LogP contribution < -0.4 is 10.1 Å². The van der Waals surface area contributed by atoms with Crippen LogP contribution in [0.25, 0.3) is 5.69 Å². The van der Waals surface area contributed by atoms with Crippen molar-refractivity contribution in [3.05, 3.63) is 53.8 Å². The van der Waals surface area contributed by atoms with Crippen LogP contribution in [-0.4, -0.2) is 60.4 Å². The van der Waals surface area contributed by atoms with Crippen LogP contribution in [0.15, 0.2) is 58.8 Å². The Balaban J connectivity index is 1.69. The van der Waals surface area contributed by atoms with Gasteiger partial charge in [0, 0.05) is 25.5 Å². The van der Waals surface area contributed by atoms with Crippen molar-refractivity contribution >= 4 is 45.0 Å². The molecule has 12 heteroatoms. The summed E-state index contributed by atoms with van der Waals surface area (Å²) in [6.07, 6.45) is 1.56. The van der Waals surface area contributed by atoms with Crippen LogP contribution in [0.4, 0.5) is 5.69 Å². The lowest BCUT2D eigenvalue weighted by molar-refractivity contribution is -0.113. The van der Waals surface area contributed by atoms with E-state index >= 15 is 0 Å². The van der Waals surface area contributed by atoms with Gasteiger partial charge < -0.3 is 10.1 Å². The first-order valence-electron chi connectivity index (χ1n) is 8.91. The van der Waals surface area contributed by atoms with Gasteiger partial charge in [0.15, 0.2) is 5.16 Å². The fourth-order valence-electron chi connectivity index (χ4n) is 2.55. The van der Waals surface area contributed by atoms with Crippen molar-refractivity contribution in [2.75, 3.05) is 32.3 Å². The van der Waals surface area contributed by atoms with E-state index in [1.54, 1.807) is 24.1 Å². The Labute approximate surface area is 189 Å². The zero-order chi connectivity index (χ0) is 22.6. The maximum absolute atomic E-state index is 12.4. The Morgan fingerprint density at radius 2 is 1.94 bits per heavy atom. The van der Waals surface area contributed by atoms with E-state index in [0.717, 1.165) is 15.7 Å². The molecule has 0 aliphatic rings. The Morgan fingerprint density at radius 3 is 2.58 bits per heavy atom. The number of thioether (sulfide) groups is 1. The summed E-state index contributed by atoms with van der Waals surface area (Å²) in [5.74, 6) is 0.446. The first-order valence-corrected chi connectivity index (χ1v) is 11.7. The number of halogens is 1. The van der Waals surface area contributed by atoms with Crippen molar-refractivity contribution in [2.24, 2.45) is 0 Å². The normalized spacial score (nSPS) is 11.5. The topological polar surface area (TPSA) is 106 Å². The molecule has 31 heavy (non-hydrogen) atoms. The second-order valence-electron chi connectivity index (χ2n) is 6.45. The summed E-state index contributed by atoms with van der Waals surface area (Å²) in [6, 6.07) is 11.6. The fourth-order valence-corrected chi connectivity index (χ4v) is 4.67. The van der Waals surface area contributed by atoms with Gasteiger partial charge in [-0.25, -0.2) is 12.7 Å². The number of aromatic nitrogens is 3. The zero-order valence-electron chi connectivity index (χ0n) is 16.9. The van der Waals surface area contributed by atoms with Crippen LogP contribution in [-0.2, 0) is 14.8 Å². The molecule has 0 radical (unpaired) electrons. The van der Waals surface area contributed by atoms with Crippen molar-refractivity contribution in [1.29, 1.82) is 0 Å². The van der Waals surface area contributed by atoms with Crippen LogP contribution in [0.1, 0.15) is 0 Å². The first kappa shape index (κ1) is 23.1. The molecule has 0 aliphatic heterocycles. The fraction of sp³-hybridized carbons (Fsp3) is 0.211. The number of ether oxygens (including phenoxy) is 1. The molecule has 0 spiro atoms. The van der Waals surface area contributed by atoms with Gasteiger partial charge in [-0.3, -0.25) is 9.36 Å².